The van der Waals surface area contributed by atoms with Crippen LogP contribution in [0.15, 0.2) is 17.0 Å². The maximum Gasteiger partial charge on any atom is 0.187 e. The van der Waals surface area contributed by atoms with Crippen LogP contribution in [0.1, 0.15) is 46.0 Å². The minimum atomic E-state index is -0.305. The summed E-state index contributed by atoms with van der Waals surface area (Å²) in [6, 6.07) is 0. The van der Waals surface area contributed by atoms with Gasteiger partial charge in [0.2, 0.25) is 0 Å². The van der Waals surface area contributed by atoms with Crippen molar-refractivity contribution in [1.82, 2.24) is 0 Å². The summed E-state index contributed by atoms with van der Waals surface area (Å²) in [6.07, 6.45) is 6.48. The second-order valence-corrected chi connectivity index (χ2v) is 4.40. The van der Waals surface area contributed by atoms with Gasteiger partial charge in [0.25, 0.3) is 0 Å². The van der Waals surface area contributed by atoms with Crippen LogP contribution in [0.5, 0.6) is 0 Å². The van der Waals surface area contributed by atoms with Gasteiger partial charge in [-0.2, -0.15) is 0 Å². The monoisotopic (exact) mass is 240 g/mol. The fourth-order valence-electron chi connectivity index (χ4n) is 2.12. The Bertz CT molecular complexity index is 294. The Hall–Kier alpha value is -1.03. The number of rotatable bonds is 7. The van der Waals surface area contributed by atoms with E-state index in [0.717, 1.165) is 44.4 Å². The standard InChI is InChI=1S/C13H24N2O2/c1-3-13(4-2)11(10-12(14)17-13)15-8-6-5-7-9-16/h10,16H,3-9,14H2,1-2H3. The van der Waals surface area contributed by atoms with E-state index in [1.807, 2.05) is 6.08 Å². The Labute approximate surface area is 104 Å². The molecule has 0 amide bonds. The molecule has 4 heteroatoms. The number of hydrogen-bond acceptors (Lipinski definition) is 4. The third-order valence-electron chi connectivity index (χ3n) is 3.30. The summed E-state index contributed by atoms with van der Waals surface area (Å²) in [4.78, 5) is 4.59. The van der Waals surface area contributed by atoms with Gasteiger partial charge in [0.1, 0.15) is 0 Å². The van der Waals surface area contributed by atoms with Crippen LogP contribution in [0.25, 0.3) is 0 Å². The van der Waals surface area contributed by atoms with Gasteiger partial charge in [-0.05, 0) is 32.1 Å². The van der Waals surface area contributed by atoms with Crippen LogP contribution in [0.4, 0.5) is 0 Å². The normalized spacial score (nSPS) is 20.4. The molecule has 0 spiro atoms. The Morgan fingerprint density at radius 2 is 2.00 bits per heavy atom. The molecule has 0 saturated heterocycles. The summed E-state index contributed by atoms with van der Waals surface area (Å²) in [5.41, 5.74) is 6.40. The average Bonchev–Trinajstić information content (AvgIpc) is 2.66. The maximum absolute atomic E-state index is 8.69. The topological polar surface area (TPSA) is 67.8 Å². The predicted molar refractivity (Wildman–Crippen MR) is 69.9 cm³/mol. The molecule has 0 atom stereocenters. The van der Waals surface area contributed by atoms with Gasteiger partial charge in [0.15, 0.2) is 11.5 Å². The molecule has 0 unspecified atom stereocenters. The lowest BCUT2D eigenvalue weighted by Gasteiger charge is -2.27. The average molecular weight is 240 g/mol. The largest absolute Gasteiger partial charge is 0.466 e. The van der Waals surface area contributed by atoms with Crippen LogP contribution in [0.3, 0.4) is 0 Å². The molecule has 98 valence electrons. The Morgan fingerprint density at radius 1 is 1.29 bits per heavy atom. The van der Waals surface area contributed by atoms with Crippen molar-refractivity contribution in [3.05, 3.63) is 12.0 Å². The minimum Gasteiger partial charge on any atom is -0.466 e. The second kappa shape index (κ2) is 6.64. The molecule has 1 aliphatic rings. The predicted octanol–water partition coefficient (Wildman–Crippen LogP) is 1.98. The number of nitrogens with two attached hydrogens (primary N) is 1. The number of aliphatic hydroxyl groups excluding tert-OH is 1. The van der Waals surface area contributed by atoms with E-state index in [2.05, 4.69) is 18.8 Å². The summed E-state index contributed by atoms with van der Waals surface area (Å²) in [7, 11) is 0. The summed E-state index contributed by atoms with van der Waals surface area (Å²) in [6.45, 7) is 5.24. The number of unbranched alkanes of at least 4 members (excludes halogenated alkanes) is 2. The molecule has 1 rings (SSSR count). The van der Waals surface area contributed by atoms with Crippen LogP contribution < -0.4 is 5.73 Å². The van der Waals surface area contributed by atoms with Gasteiger partial charge in [0.05, 0.1) is 5.71 Å². The third kappa shape index (κ3) is 3.46. The number of aliphatic imine (C=N–C) groups is 1. The van der Waals surface area contributed by atoms with E-state index in [1.54, 1.807) is 0 Å². The highest BCUT2D eigenvalue weighted by Crippen LogP contribution is 2.30. The van der Waals surface area contributed by atoms with Gasteiger partial charge in [-0.15, -0.1) is 0 Å². The molecule has 3 N–H and O–H groups in total. The van der Waals surface area contributed by atoms with Crippen molar-refractivity contribution in [1.29, 1.82) is 0 Å². The first-order valence-corrected chi connectivity index (χ1v) is 6.50. The molecule has 1 heterocycles. The zero-order valence-electron chi connectivity index (χ0n) is 10.9. The van der Waals surface area contributed by atoms with Crippen molar-refractivity contribution >= 4 is 5.71 Å². The summed E-state index contributed by atoms with van der Waals surface area (Å²) in [5, 5.41) is 8.69. The highest BCUT2D eigenvalue weighted by Gasteiger charge is 2.38. The third-order valence-corrected chi connectivity index (χ3v) is 3.30. The first-order chi connectivity index (χ1) is 8.18. The molecule has 0 saturated carbocycles. The quantitative estimate of drug-likeness (QED) is 0.669. The smallest absolute Gasteiger partial charge is 0.187 e. The highest BCUT2D eigenvalue weighted by molar-refractivity contribution is 6.03. The van der Waals surface area contributed by atoms with Crippen molar-refractivity contribution in [2.24, 2.45) is 10.7 Å². The summed E-state index contributed by atoms with van der Waals surface area (Å²) < 4.78 is 5.71. The molecule has 0 fully saturated rings. The molecule has 0 aromatic rings. The van der Waals surface area contributed by atoms with E-state index < -0.39 is 0 Å². The van der Waals surface area contributed by atoms with E-state index >= 15 is 0 Å². The first-order valence-electron chi connectivity index (χ1n) is 6.50. The SMILES string of the molecule is CCC1(CC)OC(N)=CC1=NCCCCCO. The molecule has 0 aliphatic carbocycles. The lowest BCUT2D eigenvalue weighted by molar-refractivity contribution is 0.0666. The molecule has 0 bridgehead atoms. The van der Waals surface area contributed by atoms with Crippen LogP contribution >= 0.6 is 0 Å². The van der Waals surface area contributed by atoms with E-state index in [4.69, 9.17) is 15.6 Å². The molecular formula is C13H24N2O2. The molecule has 1 aliphatic heterocycles. The van der Waals surface area contributed by atoms with Gasteiger partial charge < -0.3 is 15.6 Å². The number of ether oxygens (including phenoxy) is 1. The van der Waals surface area contributed by atoms with Gasteiger partial charge in [-0.3, -0.25) is 4.99 Å². The number of aliphatic hydroxyl groups is 1. The van der Waals surface area contributed by atoms with Crippen molar-refractivity contribution < 1.29 is 9.84 Å². The van der Waals surface area contributed by atoms with E-state index in [1.165, 1.54) is 0 Å². The van der Waals surface area contributed by atoms with Gasteiger partial charge in [0, 0.05) is 19.2 Å². The van der Waals surface area contributed by atoms with Gasteiger partial charge in [-0.25, -0.2) is 0 Å². The maximum atomic E-state index is 8.69. The summed E-state index contributed by atoms with van der Waals surface area (Å²) >= 11 is 0. The lowest BCUT2D eigenvalue weighted by Crippen LogP contribution is -2.35. The Morgan fingerprint density at radius 3 is 2.59 bits per heavy atom. The van der Waals surface area contributed by atoms with Gasteiger partial charge >= 0.3 is 0 Å². The zero-order valence-corrected chi connectivity index (χ0v) is 10.9. The molecule has 0 aromatic heterocycles. The van der Waals surface area contributed by atoms with E-state index in [9.17, 15) is 0 Å². The Kier molecular flexibility index (Phi) is 5.48. The lowest BCUT2D eigenvalue weighted by atomic mass is 9.92. The fraction of sp³-hybridized carbons (Fsp3) is 0.769. The zero-order chi connectivity index (χ0) is 12.7. The molecule has 0 radical (unpaired) electrons. The number of hydrogen-bond donors (Lipinski definition) is 2. The molecule has 4 nitrogen and oxygen atoms in total. The Balaban J connectivity index is 2.56. The molecular weight excluding hydrogens is 216 g/mol. The van der Waals surface area contributed by atoms with Crippen molar-refractivity contribution in [3.8, 4) is 0 Å². The minimum absolute atomic E-state index is 0.264. The van der Waals surface area contributed by atoms with Crippen molar-refractivity contribution in [2.45, 2.75) is 51.6 Å². The van der Waals surface area contributed by atoms with Crippen molar-refractivity contribution in [2.75, 3.05) is 13.2 Å². The van der Waals surface area contributed by atoms with Crippen LogP contribution in [-0.4, -0.2) is 29.6 Å². The van der Waals surface area contributed by atoms with Crippen LogP contribution in [0, 0.1) is 0 Å². The van der Waals surface area contributed by atoms with E-state index in [-0.39, 0.29) is 12.2 Å². The second-order valence-electron chi connectivity index (χ2n) is 4.40. The molecule has 0 aromatic carbocycles. The summed E-state index contributed by atoms with van der Waals surface area (Å²) in [5.74, 6) is 0.475. The molecule has 17 heavy (non-hydrogen) atoms. The van der Waals surface area contributed by atoms with Crippen LogP contribution in [0.2, 0.25) is 0 Å². The number of nitrogens with zero attached hydrogens (tertiary/aromatic N) is 1. The van der Waals surface area contributed by atoms with E-state index in [0.29, 0.717) is 5.88 Å². The fourth-order valence-corrected chi connectivity index (χ4v) is 2.12. The van der Waals surface area contributed by atoms with Crippen LogP contribution in [-0.2, 0) is 4.74 Å². The van der Waals surface area contributed by atoms with Crippen molar-refractivity contribution in [3.63, 3.8) is 0 Å². The van der Waals surface area contributed by atoms with Gasteiger partial charge in [-0.1, -0.05) is 13.8 Å². The first kappa shape index (κ1) is 14.0. The highest BCUT2D eigenvalue weighted by atomic mass is 16.5.